The SMILES string of the molecule is CCOc1ccc(CCNC(=O)CC2CCCCN2c2ccnc(-n3ccnc3)n2)cc1OC. The summed E-state index contributed by atoms with van der Waals surface area (Å²) in [6.45, 7) is 3.98. The topological polar surface area (TPSA) is 94.4 Å². The van der Waals surface area contributed by atoms with Gasteiger partial charge in [0, 0.05) is 44.1 Å². The summed E-state index contributed by atoms with van der Waals surface area (Å²) in [5, 5.41) is 3.08. The molecule has 1 aliphatic rings. The Kier molecular flexibility index (Phi) is 7.95. The third-order valence-corrected chi connectivity index (χ3v) is 5.97. The van der Waals surface area contributed by atoms with Gasteiger partial charge >= 0.3 is 0 Å². The number of ether oxygens (including phenoxy) is 2. The molecule has 2 aromatic heterocycles. The van der Waals surface area contributed by atoms with Crippen molar-refractivity contribution in [3.05, 3.63) is 54.7 Å². The minimum atomic E-state index is 0.0543. The number of hydrogen-bond donors (Lipinski definition) is 1. The fourth-order valence-electron chi connectivity index (χ4n) is 4.29. The van der Waals surface area contributed by atoms with E-state index in [0.29, 0.717) is 31.3 Å². The number of nitrogens with zero attached hydrogens (tertiary/aromatic N) is 5. The largest absolute Gasteiger partial charge is 0.493 e. The Morgan fingerprint density at radius 3 is 2.91 bits per heavy atom. The van der Waals surface area contributed by atoms with Gasteiger partial charge in [-0.25, -0.2) is 9.97 Å². The predicted molar refractivity (Wildman–Crippen MR) is 130 cm³/mol. The Labute approximate surface area is 200 Å². The number of methoxy groups -OCH3 is 1. The minimum Gasteiger partial charge on any atom is -0.493 e. The van der Waals surface area contributed by atoms with E-state index in [-0.39, 0.29) is 11.9 Å². The van der Waals surface area contributed by atoms with Crippen LogP contribution in [0.5, 0.6) is 11.5 Å². The predicted octanol–water partition coefficient (Wildman–Crippen LogP) is 3.18. The highest BCUT2D eigenvalue weighted by Gasteiger charge is 2.26. The maximum Gasteiger partial charge on any atom is 0.236 e. The Bertz CT molecular complexity index is 1070. The number of piperidine rings is 1. The van der Waals surface area contributed by atoms with Gasteiger partial charge in [-0.3, -0.25) is 9.36 Å². The highest BCUT2D eigenvalue weighted by molar-refractivity contribution is 5.77. The van der Waals surface area contributed by atoms with Crippen LogP contribution in [0.3, 0.4) is 0 Å². The molecule has 1 atom stereocenters. The van der Waals surface area contributed by atoms with Crippen LogP contribution in [0.15, 0.2) is 49.2 Å². The standard InChI is InChI=1S/C25H32N6O3/c1-3-34-21-8-7-19(16-22(21)33-2)9-11-27-24(32)17-20-6-4-5-14-31(20)23-10-12-28-25(29-23)30-15-13-26-18-30/h7-8,10,12-13,15-16,18,20H,3-6,9,11,14,17H2,1-2H3,(H,27,32). The first-order valence-corrected chi connectivity index (χ1v) is 11.8. The number of rotatable bonds is 10. The van der Waals surface area contributed by atoms with E-state index in [1.54, 1.807) is 30.4 Å². The molecule has 0 saturated carbocycles. The highest BCUT2D eigenvalue weighted by Crippen LogP contribution is 2.28. The lowest BCUT2D eigenvalue weighted by Crippen LogP contribution is -2.43. The number of amides is 1. The molecule has 3 heterocycles. The van der Waals surface area contributed by atoms with Crippen LogP contribution in [0.4, 0.5) is 5.82 Å². The van der Waals surface area contributed by atoms with Crippen LogP contribution < -0.4 is 19.7 Å². The van der Waals surface area contributed by atoms with Crippen molar-refractivity contribution in [3.63, 3.8) is 0 Å². The summed E-state index contributed by atoms with van der Waals surface area (Å²) in [7, 11) is 1.63. The quantitative estimate of drug-likeness (QED) is 0.492. The van der Waals surface area contributed by atoms with Gasteiger partial charge in [0.15, 0.2) is 11.5 Å². The van der Waals surface area contributed by atoms with Crippen molar-refractivity contribution >= 4 is 11.7 Å². The van der Waals surface area contributed by atoms with Gasteiger partial charge in [0.05, 0.1) is 13.7 Å². The van der Waals surface area contributed by atoms with Crippen LogP contribution in [0.25, 0.3) is 5.95 Å². The molecule has 1 unspecified atom stereocenters. The van der Waals surface area contributed by atoms with Gasteiger partial charge in [-0.2, -0.15) is 4.98 Å². The second kappa shape index (κ2) is 11.5. The monoisotopic (exact) mass is 464 g/mol. The van der Waals surface area contributed by atoms with Gasteiger partial charge < -0.3 is 19.7 Å². The van der Waals surface area contributed by atoms with Gasteiger partial charge in [0.25, 0.3) is 0 Å². The summed E-state index contributed by atoms with van der Waals surface area (Å²) < 4.78 is 12.8. The first-order valence-electron chi connectivity index (χ1n) is 11.8. The van der Waals surface area contributed by atoms with Crippen molar-refractivity contribution in [1.82, 2.24) is 24.8 Å². The second-order valence-corrected chi connectivity index (χ2v) is 8.25. The number of benzene rings is 1. The Morgan fingerprint density at radius 2 is 2.12 bits per heavy atom. The summed E-state index contributed by atoms with van der Waals surface area (Å²) in [5.74, 6) is 2.92. The lowest BCUT2D eigenvalue weighted by Gasteiger charge is -2.36. The van der Waals surface area contributed by atoms with E-state index in [0.717, 1.165) is 49.4 Å². The first kappa shape index (κ1) is 23.5. The molecular formula is C25H32N6O3. The fraction of sp³-hybridized carbons (Fsp3) is 0.440. The summed E-state index contributed by atoms with van der Waals surface area (Å²) in [5.41, 5.74) is 1.09. The van der Waals surface area contributed by atoms with Gasteiger partial charge in [0.2, 0.25) is 11.9 Å². The molecule has 1 N–H and O–H groups in total. The normalized spacial score (nSPS) is 15.7. The van der Waals surface area contributed by atoms with Crippen LogP contribution in [-0.4, -0.2) is 58.3 Å². The molecule has 1 aromatic carbocycles. The summed E-state index contributed by atoms with van der Waals surface area (Å²) in [6.07, 6.45) is 11.3. The van der Waals surface area contributed by atoms with Crippen LogP contribution >= 0.6 is 0 Å². The van der Waals surface area contributed by atoms with Gasteiger partial charge in [-0.15, -0.1) is 0 Å². The number of anilines is 1. The maximum atomic E-state index is 12.8. The van der Waals surface area contributed by atoms with E-state index >= 15 is 0 Å². The highest BCUT2D eigenvalue weighted by atomic mass is 16.5. The van der Waals surface area contributed by atoms with Crippen LogP contribution in [-0.2, 0) is 11.2 Å². The molecule has 3 aromatic rings. The minimum absolute atomic E-state index is 0.0543. The Hall–Kier alpha value is -3.62. The number of carbonyl (C=O) groups excluding carboxylic acids is 1. The molecule has 0 radical (unpaired) electrons. The van der Waals surface area contributed by atoms with Gasteiger partial charge in [-0.05, 0) is 56.4 Å². The molecular weight excluding hydrogens is 432 g/mol. The van der Waals surface area contributed by atoms with Crippen LogP contribution in [0, 0.1) is 0 Å². The van der Waals surface area contributed by atoms with E-state index in [9.17, 15) is 4.79 Å². The van der Waals surface area contributed by atoms with Gasteiger partial charge in [0.1, 0.15) is 12.1 Å². The maximum absolute atomic E-state index is 12.8. The lowest BCUT2D eigenvalue weighted by atomic mass is 9.99. The van der Waals surface area contributed by atoms with E-state index < -0.39 is 0 Å². The van der Waals surface area contributed by atoms with Crippen molar-refractivity contribution < 1.29 is 14.3 Å². The number of hydrogen-bond acceptors (Lipinski definition) is 7. The molecule has 1 amide bonds. The van der Waals surface area contributed by atoms with Crippen LogP contribution in [0.1, 0.15) is 38.2 Å². The van der Waals surface area contributed by atoms with Gasteiger partial charge in [-0.1, -0.05) is 6.07 Å². The average molecular weight is 465 g/mol. The summed E-state index contributed by atoms with van der Waals surface area (Å²) in [6, 6.07) is 7.92. The lowest BCUT2D eigenvalue weighted by molar-refractivity contribution is -0.121. The van der Waals surface area contributed by atoms with Crippen molar-refractivity contribution in [2.75, 3.05) is 31.7 Å². The molecule has 0 bridgehead atoms. The van der Waals surface area contributed by atoms with Crippen molar-refractivity contribution in [2.45, 2.75) is 45.1 Å². The molecule has 9 nitrogen and oxygen atoms in total. The number of carbonyl (C=O) groups is 1. The number of imidazole rings is 1. The third kappa shape index (κ3) is 5.84. The third-order valence-electron chi connectivity index (χ3n) is 5.97. The molecule has 180 valence electrons. The zero-order valence-electron chi connectivity index (χ0n) is 19.8. The Morgan fingerprint density at radius 1 is 1.21 bits per heavy atom. The molecule has 9 heteroatoms. The smallest absolute Gasteiger partial charge is 0.236 e. The number of aromatic nitrogens is 4. The number of nitrogens with one attached hydrogen (secondary N) is 1. The molecule has 0 aliphatic carbocycles. The van der Waals surface area contributed by atoms with Crippen molar-refractivity contribution in [1.29, 1.82) is 0 Å². The molecule has 1 fully saturated rings. The summed E-state index contributed by atoms with van der Waals surface area (Å²) in [4.78, 5) is 28.1. The first-order chi connectivity index (χ1) is 16.7. The molecule has 4 rings (SSSR count). The fourth-order valence-corrected chi connectivity index (χ4v) is 4.29. The molecule has 1 saturated heterocycles. The second-order valence-electron chi connectivity index (χ2n) is 8.25. The van der Waals surface area contributed by atoms with E-state index in [4.69, 9.17) is 14.5 Å². The molecule has 0 spiro atoms. The zero-order chi connectivity index (χ0) is 23.8. The van der Waals surface area contributed by atoms with Crippen molar-refractivity contribution in [2.24, 2.45) is 0 Å². The molecule has 1 aliphatic heterocycles. The van der Waals surface area contributed by atoms with E-state index in [1.165, 1.54) is 0 Å². The summed E-state index contributed by atoms with van der Waals surface area (Å²) >= 11 is 0. The van der Waals surface area contributed by atoms with E-state index in [2.05, 4.69) is 20.2 Å². The Balaban J connectivity index is 1.33. The van der Waals surface area contributed by atoms with E-state index in [1.807, 2.05) is 37.4 Å². The average Bonchev–Trinajstić information content (AvgIpc) is 3.41. The van der Waals surface area contributed by atoms with Crippen LogP contribution in [0.2, 0.25) is 0 Å². The van der Waals surface area contributed by atoms with Crippen molar-refractivity contribution in [3.8, 4) is 17.4 Å². The molecule has 34 heavy (non-hydrogen) atoms. The zero-order valence-corrected chi connectivity index (χ0v) is 19.8.